The second kappa shape index (κ2) is 6.39. The van der Waals surface area contributed by atoms with Gasteiger partial charge in [0.1, 0.15) is 0 Å². The first-order valence-corrected chi connectivity index (χ1v) is 7.72. The Hall–Kier alpha value is -1.68. The fourth-order valence-corrected chi connectivity index (χ4v) is 2.88. The quantitative estimate of drug-likeness (QED) is 0.918. The van der Waals surface area contributed by atoms with Crippen LogP contribution in [-0.4, -0.2) is 21.3 Å². The molecule has 0 amide bonds. The molecule has 0 aliphatic carbocycles. The normalized spacial score (nSPS) is 11.1. The molecule has 0 unspecified atom stereocenters. The standard InChI is InChI=1S/C17H26N4/c1-7-15-13(5)20-21(14(15)6)17-16(10-18-8-2)11(3)9-12(4)19-17/h9,18H,7-8,10H2,1-6H3. The molecule has 0 aliphatic rings. The van der Waals surface area contributed by atoms with E-state index in [9.17, 15) is 0 Å². The van der Waals surface area contributed by atoms with Gasteiger partial charge in [-0.05, 0) is 57.9 Å². The van der Waals surface area contributed by atoms with Crippen LogP contribution in [-0.2, 0) is 13.0 Å². The Balaban J connectivity index is 2.62. The van der Waals surface area contributed by atoms with Crippen LogP contribution in [0.2, 0.25) is 0 Å². The summed E-state index contributed by atoms with van der Waals surface area (Å²) < 4.78 is 2.01. The van der Waals surface area contributed by atoms with Crippen molar-refractivity contribution in [3.63, 3.8) is 0 Å². The molecule has 114 valence electrons. The van der Waals surface area contributed by atoms with Gasteiger partial charge in [-0.2, -0.15) is 5.10 Å². The number of nitrogens with zero attached hydrogens (tertiary/aromatic N) is 3. The summed E-state index contributed by atoms with van der Waals surface area (Å²) in [6.45, 7) is 14.5. The van der Waals surface area contributed by atoms with Crippen LogP contribution in [0.15, 0.2) is 6.07 Å². The predicted molar refractivity (Wildman–Crippen MR) is 87.1 cm³/mol. The lowest BCUT2D eigenvalue weighted by molar-refractivity contribution is 0.699. The van der Waals surface area contributed by atoms with E-state index in [4.69, 9.17) is 10.1 Å². The molecule has 0 aromatic carbocycles. The summed E-state index contributed by atoms with van der Waals surface area (Å²) in [6.07, 6.45) is 1.00. The molecule has 0 radical (unpaired) electrons. The third-order valence-corrected chi connectivity index (χ3v) is 4.00. The van der Waals surface area contributed by atoms with Crippen LogP contribution in [0.1, 0.15) is 47.6 Å². The number of rotatable bonds is 5. The Morgan fingerprint density at radius 1 is 1.10 bits per heavy atom. The van der Waals surface area contributed by atoms with E-state index < -0.39 is 0 Å². The van der Waals surface area contributed by atoms with Gasteiger partial charge >= 0.3 is 0 Å². The number of aromatic nitrogens is 3. The first-order valence-electron chi connectivity index (χ1n) is 7.72. The minimum Gasteiger partial charge on any atom is -0.313 e. The van der Waals surface area contributed by atoms with Gasteiger partial charge in [0.25, 0.3) is 0 Å². The fourth-order valence-electron chi connectivity index (χ4n) is 2.88. The SMILES string of the molecule is CCNCc1c(C)cc(C)nc1-n1nc(C)c(CC)c1C. The second-order valence-electron chi connectivity index (χ2n) is 5.58. The molecule has 0 atom stereocenters. The maximum absolute atomic E-state index is 4.77. The molecule has 0 bridgehead atoms. The van der Waals surface area contributed by atoms with Gasteiger partial charge in [-0.3, -0.25) is 0 Å². The Morgan fingerprint density at radius 2 is 1.81 bits per heavy atom. The molecule has 1 N–H and O–H groups in total. The average molecular weight is 286 g/mol. The monoisotopic (exact) mass is 286 g/mol. The molecule has 2 aromatic rings. The summed E-state index contributed by atoms with van der Waals surface area (Å²) in [4.78, 5) is 4.77. The third kappa shape index (κ3) is 3.00. The summed E-state index contributed by atoms with van der Waals surface area (Å²) in [5.74, 6) is 0.966. The first kappa shape index (κ1) is 15.7. The van der Waals surface area contributed by atoms with E-state index in [1.807, 2.05) is 11.6 Å². The van der Waals surface area contributed by atoms with E-state index in [-0.39, 0.29) is 0 Å². The lowest BCUT2D eigenvalue weighted by Crippen LogP contribution is -2.17. The summed E-state index contributed by atoms with van der Waals surface area (Å²) in [7, 11) is 0. The van der Waals surface area contributed by atoms with Crippen LogP contribution in [0.3, 0.4) is 0 Å². The number of aryl methyl sites for hydroxylation is 3. The molecule has 0 aliphatic heterocycles. The summed E-state index contributed by atoms with van der Waals surface area (Å²) in [5, 5.41) is 8.14. The van der Waals surface area contributed by atoms with Gasteiger partial charge in [-0.25, -0.2) is 9.67 Å². The van der Waals surface area contributed by atoms with Gasteiger partial charge in [0.15, 0.2) is 5.82 Å². The van der Waals surface area contributed by atoms with E-state index in [1.165, 1.54) is 22.4 Å². The highest BCUT2D eigenvalue weighted by Gasteiger charge is 2.16. The van der Waals surface area contributed by atoms with Crippen LogP contribution in [0, 0.1) is 27.7 Å². The van der Waals surface area contributed by atoms with Crippen molar-refractivity contribution in [1.82, 2.24) is 20.1 Å². The van der Waals surface area contributed by atoms with Gasteiger partial charge in [-0.15, -0.1) is 0 Å². The van der Waals surface area contributed by atoms with E-state index in [1.54, 1.807) is 0 Å². The first-order chi connectivity index (χ1) is 9.99. The van der Waals surface area contributed by atoms with Crippen molar-refractivity contribution in [1.29, 1.82) is 0 Å². The molecule has 2 rings (SSSR count). The Labute approximate surface area is 127 Å². The maximum atomic E-state index is 4.77. The molecular weight excluding hydrogens is 260 g/mol. The number of nitrogens with one attached hydrogen (secondary N) is 1. The van der Waals surface area contributed by atoms with Crippen LogP contribution < -0.4 is 5.32 Å². The van der Waals surface area contributed by atoms with Crippen LogP contribution in [0.5, 0.6) is 0 Å². The summed E-state index contributed by atoms with van der Waals surface area (Å²) in [5.41, 5.74) is 7.16. The molecule has 4 nitrogen and oxygen atoms in total. The van der Waals surface area contributed by atoms with Crippen LogP contribution in [0.4, 0.5) is 0 Å². The zero-order valence-electron chi connectivity index (χ0n) is 14.0. The molecule has 4 heteroatoms. The topological polar surface area (TPSA) is 42.7 Å². The third-order valence-electron chi connectivity index (χ3n) is 4.00. The largest absolute Gasteiger partial charge is 0.313 e. The Morgan fingerprint density at radius 3 is 2.38 bits per heavy atom. The smallest absolute Gasteiger partial charge is 0.158 e. The van der Waals surface area contributed by atoms with Gasteiger partial charge in [0.05, 0.1) is 5.69 Å². The summed E-state index contributed by atoms with van der Waals surface area (Å²) >= 11 is 0. The van der Waals surface area contributed by atoms with E-state index >= 15 is 0 Å². The maximum Gasteiger partial charge on any atom is 0.158 e. The molecule has 2 heterocycles. The zero-order valence-corrected chi connectivity index (χ0v) is 14.0. The molecular formula is C17H26N4. The van der Waals surface area contributed by atoms with E-state index in [0.717, 1.165) is 36.7 Å². The molecule has 21 heavy (non-hydrogen) atoms. The molecule has 0 fully saturated rings. The van der Waals surface area contributed by atoms with Crippen molar-refractivity contribution in [2.24, 2.45) is 0 Å². The number of hydrogen-bond acceptors (Lipinski definition) is 3. The van der Waals surface area contributed by atoms with E-state index in [0.29, 0.717) is 0 Å². The molecule has 0 saturated heterocycles. The van der Waals surface area contributed by atoms with Gasteiger partial charge < -0.3 is 5.32 Å². The predicted octanol–water partition coefficient (Wildman–Crippen LogP) is 3.17. The average Bonchev–Trinajstić information content (AvgIpc) is 2.71. The van der Waals surface area contributed by atoms with Crippen LogP contribution >= 0.6 is 0 Å². The molecule has 0 spiro atoms. The van der Waals surface area contributed by atoms with Gasteiger partial charge in [-0.1, -0.05) is 13.8 Å². The zero-order chi connectivity index (χ0) is 15.6. The minimum absolute atomic E-state index is 0.824. The van der Waals surface area contributed by atoms with Crippen molar-refractivity contribution in [2.75, 3.05) is 6.54 Å². The van der Waals surface area contributed by atoms with Crippen molar-refractivity contribution >= 4 is 0 Å². The molecule has 2 aromatic heterocycles. The highest BCUT2D eigenvalue weighted by molar-refractivity contribution is 5.43. The minimum atomic E-state index is 0.824. The number of pyridine rings is 1. The lowest BCUT2D eigenvalue weighted by atomic mass is 10.1. The van der Waals surface area contributed by atoms with Crippen molar-refractivity contribution in [3.8, 4) is 5.82 Å². The van der Waals surface area contributed by atoms with Crippen molar-refractivity contribution in [2.45, 2.75) is 54.5 Å². The highest BCUT2D eigenvalue weighted by Crippen LogP contribution is 2.22. The summed E-state index contributed by atoms with van der Waals surface area (Å²) in [6, 6.07) is 2.14. The van der Waals surface area contributed by atoms with Crippen molar-refractivity contribution in [3.05, 3.63) is 39.8 Å². The Bertz CT molecular complexity index is 641. The second-order valence-corrected chi connectivity index (χ2v) is 5.58. The highest BCUT2D eigenvalue weighted by atomic mass is 15.3. The Kier molecular flexibility index (Phi) is 4.78. The fraction of sp³-hybridized carbons (Fsp3) is 0.529. The van der Waals surface area contributed by atoms with E-state index in [2.05, 4.69) is 46.0 Å². The van der Waals surface area contributed by atoms with Gasteiger partial charge in [0, 0.05) is 23.5 Å². The molecule has 0 saturated carbocycles. The lowest BCUT2D eigenvalue weighted by Gasteiger charge is -2.15. The number of hydrogen-bond donors (Lipinski definition) is 1. The van der Waals surface area contributed by atoms with Gasteiger partial charge in [0.2, 0.25) is 0 Å². The van der Waals surface area contributed by atoms with Crippen LogP contribution in [0.25, 0.3) is 5.82 Å². The van der Waals surface area contributed by atoms with Crippen molar-refractivity contribution < 1.29 is 0 Å².